The number of ether oxygens (including phenoxy) is 2. The van der Waals surface area contributed by atoms with E-state index in [4.69, 9.17) is 9.47 Å². The van der Waals surface area contributed by atoms with Gasteiger partial charge in [-0.2, -0.15) is 0 Å². The van der Waals surface area contributed by atoms with E-state index in [9.17, 15) is 14.5 Å². The summed E-state index contributed by atoms with van der Waals surface area (Å²) in [6, 6.07) is 11.3. The number of hydrogen-bond donors (Lipinski definition) is 2. The largest absolute Gasteiger partial charge is 0.493 e. The van der Waals surface area contributed by atoms with Crippen LogP contribution in [-0.4, -0.2) is 35.7 Å². The van der Waals surface area contributed by atoms with Crippen molar-refractivity contribution >= 4 is 23.0 Å². The fraction of sp³-hybridized carbons (Fsp3) is 0.200. The van der Waals surface area contributed by atoms with Gasteiger partial charge in [0.05, 0.1) is 24.8 Å². The quantitative estimate of drug-likeness (QED) is 0.401. The molecule has 0 aliphatic heterocycles. The molecule has 0 saturated carbocycles. The highest BCUT2D eigenvalue weighted by molar-refractivity contribution is 5.73. The van der Waals surface area contributed by atoms with Gasteiger partial charge in [-0.1, -0.05) is 18.2 Å². The van der Waals surface area contributed by atoms with Crippen molar-refractivity contribution in [1.82, 2.24) is 9.97 Å². The molecule has 0 spiro atoms. The summed E-state index contributed by atoms with van der Waals surface area (Å²) in [7, 11) is 3.11. The van der Waals surface area contributed by atoms with Crippen LogP contribution in [-0.2, 0) is 6.42 Å². The maximum absolute atomic E-state index is 13.9. The van der Waals surface area contributed by atoms with Crippen molar-refractivity contribution in [3.05, 3.63) is 70.3 Å². The third kappa shape index (κ3) is 4.72. The van der Waals surface area contributed by atoms with E-state index < -0.39 is 10.7 Å². The first-order valence-corrected chi connectivity index (χ1v) is 8.99. The van der Waals surface area contributed by atoms with Crippen molar-refractivity contribution in [1.29, 1.82) is 0 Å². The molecule has 1 heterocycles. The molecule has 1 aromatic heterocycles. The fourth-order valence-corrected chi connectivity index (χ4v) is 2.82. The Labute approximate surface area is 172 Å². The molecule has 3 aromatic rings. The SMILES string of the molecule is COc1ccc(CCNc2ncnc(Nc3ccccc3F)c2[N+](=O)[O-])cc1OC. The van der Waals surface area contributed by atoms with E-state index in [-0.39, 0.29) is 23.0 Å². The number of methoxy groups -OCH3 is 2. The summed E-state index contributed by atoms with van der Waals surface area (Å²) in [5.74, 6) is 0.598. The number of benzene rings is 2. The number of aromatic nitrogens is 2. The smallest absolute Gasteiger partial charge is 0.353 e. The van der Waals surface area contributed by atoms with E-state index in [2.05, 4.69) is 20.6 Å². The van der Waals surface area contributed by atoms with Gasteiger partial charge in [0.15, 0.2) is 11.5 Å². The molecule has 30 heavy (non-hydrogen) atoms. The first-order valence-electron chi connectivity index (χ1n) is 8.99. The van der Waals surface area contributed by atoms with E-state index >= 15 is 0 Å². The van der Waals surface area contributed by atoms with E-state index in [0.717, 1.165) is 5.56 Å². The number of para-hydroxylation sites is 1. The van der Waals surface area contributed by atoms with Gasteiger partial charge in [-0.25, -0.2) is 14.4 Å². The van der Waals surface area contributed by atoms with Gasteiger partial charge in [0.1, 0.15) is 12.1 Å². The summed E-state index contributed by atoms with van der Waals surface area (Å²) < 4.78 is 24.4. The van der Waals surface area contributed by atoms with E-state index in [1.54, 1.807) is 26.4 Å². The van der Waals surface area contributed by atoms with Crippen LogP contribution >= 0.6 is 0 Å². The lowest BCUT2D eigenvalue weighted by Crippen LogP contribution is -2.11. The molecule has 0 atom stereocenters. The van der Waals surface area contributed by atoms with Gasteiger partial charge < -0.3 is 20.1 Å². The maximum Gasteiger partial charge on any atom is 0.353 e. The minimum Gasteiger partial charge on any atom is -0.493 e. The lowest BCUT2D eigenvalue weighted by Gasteiger charge is -2.12. The second-order valence-electron chi connectivity index (χ2n) is 6.15. The predicted molar refractivity (Wildman–Crippen MR) is 110 cm³/mol. The van der Waals surface area contributed by atoms with Crippen LogP contribution in [0.25, 0.3) is 0 Å². The molecule has 2 aromatic carbocycles. The van der Waals surface area contributed by atoms with Crippen LogP contribution in [0, 0.1) is 15.9 Å². The van der Waals surface area contributed by atoms with Crippen LogP contribution in [0.1, 0.15) is 5.56 Å². The van der Waals surface area contributed by atoms with Crippen LogP contribution in [0.3, 0.4) is 0 Å². The third-order valence-electron chi connectivity index (χ3n) is 4.29. The topological polar surface area (TPSA) is 111 Å². The lowest BCUT2D eigenvalue weighted by molar-refractivity contribution is -0.383. The number of nitrogens with one attached hydrogen (secondary N) is 2. The van der Waals surface area contributed by atoms with Crippen molar-refractivity contribution in [2.24, 2.45) is 0 Å². The summed E-state index contributed by atoms with van der Waals surface area (Å²) in [6.07, 6.45) is 1.73. The minimum atomic E-state index is -0.609. The summed E-state index contributed by atoms with van der Waals surface area (Å²) in [6.45, 7) is 0.368. The summed E-state index contributed by atoms with van der Waals surface area (Å²) in [5, 5.41) is 17.2. The molecule has 0 aliphatic carbocycles. The highest BCUT2D eigenvalue weighted by atomic mass is 19.1. The summed E-state index contributed by atoms with van der Waals surface area (Å²) in [5.41, 5.74) is 0.658. The Balaban J connectivity index is 1.76. The standard InChI is InChI=1S/C20H20FN5O4/c1-29-16-8-7-13(11-17(16)30-2)9-10-22-19-18(26(27)28)20(24-12-23-19)25-15-6-4-3-5-14(15)21/h3-8,11-12H,9-10H2,1-2H3,(H2,22,23,24,25). The highest BCUT2D eigenvalue weighted by Crippen LogP contribution is 2.32. The number of halogens is 1. The Kier molecular flexibility index (Phi) is 6.58. The number of anilines is 3. The van der Waals surface area contributed by atoms with Gasteiger partial charge in [-0.05, 0) is 36.2 Å². The Bertz CT molecular complexity index is 1050. The number of hydrogen-bond acceptors (Lipinski definition) is 8. The first-order chi connectivity index (χ1) is 14.5. The van der Waals surface area contributed by atoms with Gasteiger partial charge >= 0.3 is 5.69 Å². The first kappa shape index (κ1) is 20.8. The molecule has 10 heteroatoms. The summed E-state index contributed by atoms with van der Waals surface area (Å²) >= 11 is 0. The van der Waals surface area contributed by atoms with Crippen molar-refractivity contribution in [2.45, 2.75) is 6.42 Å². The molecule has 2 N–H and O–H groups in total. The number of rotatable bonds is 9. The van der Waals surface area contributed by atoms with E-state index in [1.807, 2.05) is 12.1 Å². The van der Waals surface area contributed by atoms with Gasteiger partial charge in [0.2, 0.25) is 11.6 Å². The second-order valence-corrected chi connectivity index (χ2v) is 6.15. The predicted octanol–water partition coefficient (Wildman–Crippen LogP) is 3.94. The molecule has 3 rings (SSSR count). The van der Waals surface area contributed by atoms with Crippen LogP contribution in [0.5, 0.6) is 11.5 Å². The van der Waals surface area contributed by atoms with E-state index in [1.165, 1.54) is 24.5 Å². The second kappa shape index (κ2) is 9.50. The Hall–Kier alpha value is -3.95. The van der Waals surface area contributed by atoms with Crippen LogP contribution in [0.2, 0.25) is 0 Å². The monoisotopic (exact) mass is 413 g/mol. The molecular formula is C20H20FN5O4. The molecule has 9 nitrogen and oxygen atoms in total. The average molecular weight is 413 g/mol. The van der Waals surface area contributed by atoms with E-state index in [0.29, 0.717) is 24.5 Å². The zero-order valence-corrected chi connectivity index (χ0v) is 16.4. The molecule has 0 amide bonds. The average Bonchev–Trinajstić information content (AvgIpc) is 2.75. The van der Waals surface area contributed by atoms with Gasteiger partial charge in [-0.3, -0.25) is 10.1 Å². The summed E-state index contributed by atoms with van der Waals surface area (Å²) in [4.78, 5) is 18.9. The number of nitro groups is 1. The normalized spacial score (nSPS) is 10.4. The molecule has 0 bridgehead atoms. The molecule has 0 saturated heterocycles. The third-order valence-corrected chi connectivity index (χ3v) is 4.29. The minimum absolute atomic E-state index is 0.0364. The zero-order valence-electron chi connectivity index (χ0n) is 16.4. The Morgan fingerprint density at radius 1 is 1.07 bits per heavy atom. The van der Waals surface area contributed by atoms with Gasteiger partial charge in [-0.15, -0.1) is 0 Å². The lowest BCUT2D eigenvalue weighted by atomic mass is 10.1. The van der Waals surface area contributed by atoms with Crippen LogP contribution < -0.4 is 20.1 Å². The molecule has 156 valence electrons. The van der Waals surface area contributed by atoms with Crippen molar-refractivity contribution in [3.63, 3.8) is 0 Å². The zero-order chi connectivity index (χ0) is 21.5. The van der Waals surface area contributed by atoms with Crippen LogP contribution in [0.15, 0.2) is 48.8 Å². The Morgan fingerprint density at radius 2 is 1.80 bits per heavy atom. The highest BCUT2D eigenvalue weighted by Gasteiger charge is 2.23. The van der Waals surface area contributed by atoms with Gasteiger partial charge in [0, 0.05) is 6.54 Å². The maximum atomic E-state index is 13.9. The molecule has 0 aliphatic rings. The Morgan fingerprint density at radius 3 is 2.50 bits per heavy atom. The molecular weight excluding hydrogens is 393 g/mol. The van der Waals surface area contributed by atoms with Crippen LogP contribution in [0.4, 0.5) is 27.4 Å². The van der Waals surface area contributed by atoms with Crippen molar-refractivity contribution < 1.29 is 18.8 Å². The molecule has 0 unspecified atom stereocenters. The molecule has 0 fully saturated rings. The molecule has 0 radical (unpaired) electrons. The van der Waals surface area contributed by atoms with Gasteiger partial charge in [0.25, 0.3) is 0 Å². The van der Waals surface area contributed by atoms with Crippen molar-refractivity contribution in [3.8, 4) is 11.5 Å². The fourth-order valence-electron chi connectivity index (χ4n) is 2.82. The number of nitrogens with zero attached hydrogens (tertiary/aromatic N) is 3. The van der Waals surface area contributed by atoms with Crippen molar-refractivity contribution in [2.75, 3.05) is 31.4 Å².